The summed E-state index contributed by atoms with van der Waals surface area (Å²) in [4.78, 5) is 0. The molecule has 0 aliphatic carbocycles. The van der Waals surface area contributed by atoms with Crippen molar-refractivity contribution >= 4 is 0 Å². The Balaban J connectivity index is 2.73. The summed E-state index contributed by atoms with van der Waals surface area (Å²) in [5, 5.41) is 0. The number of rotatable bonds is 3. The lowest BCUT2D eigenvalue weighted by Gasteiger charge is -2.10. The highest BCUT2D eigenvalue weighted by molar-refractivity contribution is 5.24. The molecule has 0 heterocycles. The number of aryl methyl sites for hydroxylation is 1. The topological polar surface area (TPSA) is 0 Å². The average Bonchev–Trinajstić information content (AvgIpc) is 2.05. The predicted octanol–water partition coefficient (Wildman–Crippen LogP) is 3.90. The lowest BCUT2D eigenvalue weighted by molar-refractivity contribution is 0.664. The van der Waals surface area contributed by atoms with Gasteiger partial charge >= 0.3 is 0 Å². The second-order valence-corrected chi connectivity index (χ2v) is 3.60. The van der Waals surface area contributed by atoms with E-state index in [0.717, 1.165) is 5.92 Å². The van der Waals surface area contributed by atoms with Gasteiger partial charge in [-0.25, -0.2) is 0 Å². The third-order valence-electron chi connectivity index (χ3n) is 2.33. The zero-order chi connectivity index (χ0) is 8.97. The molecule has 0 amide bonds. The van der Waals surface area contributed by atoms with Crippen molar-refractivity contribution in [3.05, 3.63) is 35.4 Å². The lowest BCUT2D eigenvalue weighted by atomic mass is 9.95. The molecule has 0 nitrogen and oxygen atoms in total. The maximum absolute atomic E-state index is 2.30. The Morgan fingerprint density at radius 3 is 2.67 bits per heavy atom. The van der Waals surface area contributed by atoms with Crippen LogP contribution in [0.1, 0.15) is 43.7 Å². The molecule has 66 valence electrons. The summed E-state index contributed by atoms with van der Waals surface area (Å²) < 4.78 is 0. The highest BCUT2D eigenvalue weighted by Gasteiger charge is 2.02. The van der Waals surface area contributed by atoms with E-state index in [0.29, 0.717) is 0 Å². The van der Waals surface area contributed by atoms with Crippen LogP contribution in [0.25, 0.3) is 0 Å². The zero-order valence-electron chi connectivity index (χ0n) is 8.30. The van der Waals surface area contributed by atoms with Gasteiger partial charge < -0.3 is 0 Å². The smallest absolute Gasteiger partial charge is 0.0190 e. The largest absolute Gasteiger partial charge is 0.0654 e. The minimum Gasteiger partial charge on any atom is -0.0654 e. The van der Waals surface area contributed by atoms with Crippen LogP contribution < -0.4 is 0 Å². The quantitative estimate of drug-likeness (QED) is 0.632. The first-order valence-electron chi connectivity index (χ1n) is 4.80. The predicted molar refractivity (Wildman–Crippen MR) is 54.5 cm³/mol. The SMILES string of the molecule is CCC[C@@H](C)c1cccc(C)c1. The van der Waals surface area contributed by atoms with E-state index in [2.05, 4.69) is 45.0 Å². The number of hydrogen-bond acceptors (Lipinski definition) is 0. The molecule has 0 radical (unpaired) electrons. The van der Waals surface area contributed by atoms with Crippen LogP contribution in [0.15, 0.2) is 24.3 Å². The highest BCUT2D eigenvalue weighted by atomic mass is 14.1. The summed E-state index contributed by atoms with van der Waals surface area (Å²) >= 11 is 0. The van der Waals surface area contributed by atoms with Crippen LogP contribution in [-0.2, 0) is 0 Å². The molecule has 12 heavy (non-hydrogen) atoms. The van der Waals surface area contributed by atoms with E-state index in [9.17, 15) is 0 Å². The molecular weight excluding hydrogens is 144 g/mol. The van der Waals surface area contributed by atoms with Gasteiger partial charge in [0.15, 0.2) is 0 Å². The maximum atomic E-state index is 2.30. The molecule has 1 rings (SSSR count). The fourth-order valence-electron chi connectivity index (χ4n) is 1.58. The summed E-state index contributed by atoms with van der Waals surface area (Å²) in [5.41, 5.74) is 2.85. The van der Waals surface area contributed by atoms with E-state index in [1.165, 1.54) is 24.0 Å². The molecule has 0 N–H and O–H groups in total. The third kappa shape index (κ3) is 2.37. The standard InChI is InChI=1S/C12H18/c1-4-6-11(3)12-8-5-7-10(2)9-12/h5,7-9,11H,4,6H2,1-3H3/t11-/m1/s1. The summed E-state index contributed by atoms with van der Waals surface area (Å²) in [7, 11) is 0. The Labute approximate surface area is 75.6 Å². The molecular formula is C12H18. The van der Waals surface area contributed by atoms with Crippen LogP contribution in [0.4, 0.5) is 0 Å². The van der Waals surface area contributed by atoms with Crippen molar-refractivity contribution in [1.82, 2.24) is 0 Å². The van der Waals surface area contributed by atoms with E-state index in [-0.39, 0.29) is 0 Å². The lowest BCUT2D eigenvalue weighted by Crippen LogP contribution is -1.92. The van der Waals surface area contributed by atoms with Crippen molar-refractivity contribution in [3.63, 3.8) is 0 Å². The van der Waals surface area contributed by atoms with Gasteiger partial charge in [0.1, 0.15) is 0 Å². The van der Waals surface area contributed by atoms with E-state index in [4.69, 9.17) is 0 Å². The average molecular weight is 162 g/mol. The second-order valence-electron chi connectivity index (χ2n) is 3.60. The molecule has 0 fully saturated rings. The van der Waals surface area contributed by atoms with Crippen LogP contribution in [0.3, 0.4) is 0 Å². The second kappa shape index (κ2) is 4.30. The van der Waals surface area contributed by atoms with Gasteiger partial charge in [0.2, 0.25) is 0 Å². The van der Waals surface area contributed by atoms with Gasteiger partial charge in [-0.15, -0.1) is 0 Å². The van der Waals surface area contributed by atoms with Crippen LogP contribution in [-0.4, -0.2) is 0 Å². The van der Waals surface area contributed by atoms with Crippen LogP contribution in [0, 0.1) is 6.92 Å². The Hall–Kier alpha value is -0.780. The zero-order valence-corrected chi connectivity index (χ0v) is 8.30. The summed E-state index contributed by atoms with van der Waals surface area (Å²) in [6, 6.07) is 8.83. The molecule has 0 aromatic heterocycles. The number of benzene rings is 1. The molecule has 0 heteroatoms. The molecule has 0 unspecified atom stereocenters. The molecule has 0 spiro atoms. The molecule has 1 aromatic carbocycles. The summed E-state index contributed by atoms with van der Waals surface area (Å²) in [5.74, 6) is 0.717. The van der Waals surface area contributed by atoms with Gasteiger partial charge in [-0.2, -0.15) is 0 Å². The van der Waals surface area contributed by atoms with Crippen molar-refractivity contribution in [3.8, 4) is 0 Å². The Morgan fingerprint density at radius 1 is 1.33 bits per heavy atom. The van der Waals surface area contributed by atoms with E-state index < -0.39 is 0 Å². The first-order chi connectivity index (χ1) is 5.74. The van der Waals surface area contributed by atoms with E-state index >= 15 is 0 Å². The first kappa shape index (κ1) is 9.31. The normalized spacial score (nSPS) is 12.9. The Morgan fingerprint density at radius 2 is 2.08 bits per heavy atom. The summed E-state index contributed by atoms with van der Waals surface area (Å²) in [6.07, 6.45) is 2.57. The fourth-order valence-corrected chi connectivity index (χ4v) is 1.58. The minimum atomic E-state index is 0.717. The van der Waals surface area contributed by atoms with Gasteiger partial charge in [-0.3, -0.25) is 0 Å². The van der Waals surface area contributed by atoms with Gasteiger partial charge in [-0.1, -0.05) is 50.1 Å². The van der Waals surface area contributed by atoms with Gasteiger partial charge in [0, 0.05) is 0 Å². The molecule has 0 aliphatic heterocycles. The van der Waals surface area contributed by atoms with Gasteiger partial charge in [0.05, 0.1) is 0 Å². The van der Waals surface area contributed by atoms with E-state index in [1.54, 1.807) is 0 Å². The monoisotopic (exact) mass is 162 g/mol. The number of hydrogen-bond donors (Lipinski definition) is 0. The minimum absolute atomic E-state index is 0.717. The van der Waals surface area contributed by atoms with Crippen molar-refractivity contribution in [2.24, 2.45) is 0 Å². The van der Waals surface area contributed by atoms with Crippen molar-refractivity contribution in [2.75, 3.05) is 0 Å². The van der Waals surface area contributed by atoms with Crippen LogP contribution in [0.5, 0.6) is 0 Å². The van der Waals surface area contributed by atoms with Gasteiger partial charge in [0.25, 0.3) is 0 Å². The third-order valence-corrected chi connectivity index (χ3v) is 2.33. The molecule has 0 saturated carbocycles. The van der Waals surface area contributed by atoms with Crippen molar-refractivity contribution in [2.45, 2.75) is 39.5 Å². The van der Waals surface area contributed by atoms with Crippen LogP contribution >= 0.6 is 0 Å². The van der Waals surface area contributed by atoms with Crippen molar-refractivity contribution < 1.29 is 0 Å². The van der Waals surface area contributed by atoms with Gasteiger partial charge in [-0.05, 0) is 24.8 Å². The first-order valence-corrected chi connectivity index (χ1v) is 4.80. The molecule has 1 atom stereocenters. The summed E-state index contributed by atoms with van der Waals surface area (Å²) in [6.45, 7) is 6.70. The highest BCUT2D eigenvalue weighted by Crippen LogP contribution is 2.20. The molecule has 0 aliphatic rings. The maximum Gasteiger partial charge on any atom is -0.0190 e. The van der Waals surface area contributed by atoms with E-state index in [1.807, 2.05) is 0 Å². The molecule has 0 bridgehead atoms. The Bertz CT molecular complexity index is 238. The van der Waals surface area contributed by atoms with Crippen molar-refractivity contribution in [1.29, 1.82) is 0 Å². The van der Waals surface area contributed by atoms with Crippen LogP contribution in [0.2, 0.25) is 0 Å². The molecule has 0 saturated heterocycles. The molecule has 1 aromatic rings. The fraction of sp³-hybridized carbons (Fsp3) is 0.500. The Kier molecular flexibility index (Phi) is 3.33.